The lowest BCUT2D eigenvalue weighted by Crippen LogP contribution is -2.23. The quantitative estimate of drug-likeness (QED) is 0.490. The minimum atomic E-state index is -0.316. The molecule has 0 aliphatic carbocycles. The molecule has 166 valence electrons. The lowest BCUT2D eigenvalue weighted by atomic mass is 10.1. The SMILES string of the molecule is CCNC(=O)c1ccc(C)c(NC(=O)c2ccc(OCc3ccc(Cl)cc3)c(OC)c2)c1. The van der Waals surface area contributed by atoms with E-state index in [1.165, 1.54) is 7.11 Å². The molecule has 6 nitrogen and oxygen atoms in total. The van der Waals surface area contributed by atoms with Crippen LogP contribution in [0.4, 0.5) is 5.69 Å². The van der Waals surface area contributed by atoms with Crippen LogP contribution in [0, 0.1) is 6.92 Å². The molecular weight excluding hydrogens is 428 g/mol. The molecule has 0 saturated heterocycles. The Hall–Kier alpha value is -3.51. The topological polar surface area (TPSA) is 76.7 Å². The van der Waals surface area contributed by atoms with Gasteiger partial charge in [0.2, 0.25) is 0 Å². The van der Waals surface area contributed by atoms with E-state index in [-0.39, 0.29) is 11.8 Å². The number of amides is 2. The molecule has 2 N–H and O–H groups in total. The van der Waals surface area contributed by atoms with Crippen LogP contribution in [0.5, 0.6) is 11.5 Å². The highest BCUT2D eigenvalue weighted by Gasteiger charge is 2.14. The van der Waals surface area contributed by atoms with Gasteiger partial charge in [0.25, 0.3) is 11.8 Å². The fraction of sp³-hybridized carbons (Fsp3) is 0.200. The summed E-state index contributed by atoms with van der Waals surface area (Å²) in [5.41, 5.74) is 3.27. The van der Waals surface area contributed by atoms with Crippen molar-refractivity contribution in [3.05, 3.63) is 87.9 Å². The number of aryl methyl sites for hydroxylation is 1. The van der Waals surface area contributed by atoms with Crippen LogP contribution in [-0.2, 0) is 6.61 Å². The van der Waals surface area contributed by atoms with Crippen LogP contribution < -0.4 is 20.1 Å². The van der Waals surface area contributed by atoms with Crippen LogP contribution in [0.3, 0.4) is 0 Å². The number of hydrogen-bond donors (Lipinski definition) is 2. The fourth-order valence-corrected chi connectivity index (χ4v) is 3.15. The van der Waals surface area contributed by atoms with Crippen LogP contribution in [0.25, 0.3) is 0 Å². The van der Waals surface area contributed by atoms with Crippen LogP contribution in [0.2, 0.25) is 5.02 Å². The number of hydrogen-bond acceptors (Lipinski definition) is 4. The van der Waals surface area contributed by atoms with Gasteiger partial charge in [0.05, 0.1) is 7.11 Å². The number of rotatable bonds is 8. The highest BCUT2D eigenvalue weighted by molar-refractivity contribution is 6.30. The second kappa shape index (κ2) is 10.7. The third-order valence-corrected chi connectivity index (χ3v) is 5.07. The van der Waals surface area contributed by atoms with Crippen molar-refractivity contribution < 1.29 is 19.1 Å². The minimum absolute atomic E-state index is 0.188. The number of ether oxygens (including phenoxy) is 2. The van der Waals surface area contributed by atoms with Crippen molar-refractivity contribution >= 4 is 29.1 Å². The predicted octanol–water partition coefficient (Wildman–Crippen LogP) is 5.24. The summed E-state index contributed by atoms with van der Waals surface area (Å²) < 4.78 is 11.3. The summed E-state index contributed by atoms with van der Waals surface area (Å²) >= 11 is 5.91. The number of halogens is 1. The van der Waals surface area contributed by atoms with Gasteiger partial charge in [0.15, 0.2) is 11.5 Å². The van der Waals surface area contributed by atoms with Crippen molar-refractivity contribution in [1.82, 2.24) is 5.32 Å². The van der Waals surface area contributed by atoms with E-state index < -0.39 is 0 Å². The largest absolute Gasteiger partial charge is 0.493 e. The second-order valence-electron chi connectivity index (χ2n) is 7.12. The Bertz CT molecular complexity index is 1110. The first kappa shape index (κ1) is 23.2. The fourth-order valence-electron chi connectivity index (χ4n) is 3.02. The van der Waals surface area contributed by atoms with Gasteiger partial charge < -0.3 is 20.1 Å². The van der Waals surface area contributed by atoms with Crippen molar-refractivity contribution in [2.45, 2.75) is 20.5 Å². The highest BCUT2D eigenvalue weighted by atomic mass is 35.5. The summed E-state index contributed by atoms with van der Waals surface area (Å²) in [6.45, 7) is 4.59. The molecule has 3 aromatic rings. The Morgan fingerprint density at radius 3 is 2.28 bits per heavy atom. The smallest absolute Gasteiger partial charge is 0.255 e. The molecule has 0 bridgehead atoms. The Labute approximate surface area is 192 Å². The van der Waals surface area contributed by atoms with E-state index in [4.69, 9.17) is 21.1 Å². The summed E-state index contributed by atoms with van der Waals surface area (Å²) in [6, 6.07) is 17.5. The minimum Gasteiger partial charge on any atom is -0.493 e. The molecule has 0 aliphatic rings. The van der Waals surface area contributed by atoms with Gasteiger partial charge in [-0.15, -0.1) is 0 Å². The van der Waals surface area contributed by atoms with E-state index in [2.05, 4.69) is 10.6 Å². The first-order valence-corrected chi connectivity index (χ1v) is 10.5. The molecule has 2 amide bonds. The van der Waals surface area contributed by atoms with Crippen LogP contribution in [0.1, 0.15) is 38.8 Å². The Balaban J connectivity index is 1.74. The van der Waals surface area contributed by atoms with Gasteiger partial charge in [-0.25, -0.2) is 0 Å². The van der Waals surface area contributed by atoms with E-state index >= 15 is 0 Å². The number of anilines is 1. The zero-order chi connectivity index (χ0) is 23.1. The first-order valence-electron chi connectivity index (χ1n) is 10.2. The number of carbonyl (C=O) groups excluding carboxylic acids is 2. The maximum absolute atomic E-state index is 12.8. The third-order valence-electron chi connectivity index (χ3n) is 4.82. The zero-order valence-electron chi connectivity index (χ0n) is 18.2. The van der Waals surface area contributed by atoms with E-state index in [0.29, 0.717) is 46.5 Å². The number of methoxy groups -OCH3 is 1. The highest BCUT2D eigenvalue weighted by Crippen LogP contribution is 2.29. The lowest BCUT2D eigenvalue weighted by molar-refractivity contribution is 0.0954. The molecule has 7 heteroatoms. The van der Waals surface area contributed by atoms with Crippen molar-refractivity contribution in [2.24, 2.45) is 0 Å². The average molecular weight is 453 g/mol. The summed E-state index contributed by atoms with van der Waals surface area (Å²) in [5.74, 6) is 0.461. The van der Waals surface area contributed by atoms with E-state index in [0.717, 1.165) is 11.1 Å². The monoisotopic (exact) mass is 452 g/mol. The Morgan fingerprint density at radius 2 is 1.59 bits per heavy atom. The molecule has 0 fully saturated rings. The van der Waals surface area contributed by atoms with Crippen LogP contribution >= 0.6 is 11.6 Å². The van der Waals surface area contributed by atoms with Crippen molar-refractivity contribution in [1.29, 1.82) is 0 Å². The van der Waals surface area contributed by atoms with Gasteiger partial charge in [0.1, 0.15) is 6.61 Å². The van der Waals surface area contributed by atoms with Crippen molar-refractivity contribution in [2.75, 3.05) is 19.0 Å². The normalized spacial score (nSPS) is 10.4. The maximum atomic E-state index is 12.8. The molecule has 3 rings (SSSR count). The molecule has 0 saturated carbocycles. The molecule has 32 heavy (non-hydrogen) atoms. The first-order chi connectivity index (χ1) is 15.4. The van der Waals surface area contributed by atoms with Crippen molar-refractivity contribution in [3.63, 3.8) is 0 Å². The van der Waals surface area contributed by atoms with E-state index in [1.807, 2.05) is 26.0 Å². The zero-order valence-corrected chi connectivity index (χ0v) is 19.0. The molecule has 3 aromatic carbocycles. The summed E-state index contributed by atoms with van der Waals surface area (Å²) in [4.78, 5) is 24.9. The van der Waals surface area contributed by atoms with E-state index in [9.17, 15) is 9.59 Å². The Morgan fingerprint density at radius 1 is 0.906 bits per heavy atom. The summed E-state index contributed by atoms with van der Waals surface area (Å²) in [7, 11) is 1.52. The molecule has 0 atom stereocenters. The van der Waals surface area contributed by atoms with Gasteiger partial charge in [-0.3, -0.25) is 9.59 Å². The number of benzene rings is 3. The molecule has 0 spiro atoms. The Kier molecular flexibility index (Phi) is 7.73. The van der Waals surface area contributed by atoms with Crippen LogP contribution in [0.15, 0.2) is 60.7 Å². The second-order valence-corrected chi connectivity index (χ2v) is 7.56. The number of carbonyl (C=O) groups is 2. The molecular formula is C25H25ClN2O4. The van der Waals surface area contributed by atoms with E-state index in [1.54, 1.807) is 48.5 Å². The third kappa shape index (κ3) is 5.80. The molecule has 0 radical (unpaired) electrons. The van der Waals surface area contributed by atoms with Gasteiger partial charge in [0, 0.05) is 28.4 Å². The maximum Gasteiger partial charge on any atom is 0.255 e. The molecule has 0 unspecified atom stereocenters. The molecule has 0 aliphatic heterocycles. The summed E-state index contributed by atoms with van der Waals surface area (Å²) in [5, 5.41) is 6.28. The summed E-state index contributed by atoms with van der Waals surface area (Å²) in [6.07, 6.45) is 0. The van der Waals surface area contributed by atoms with Gasteiger partial charge in [-0.2, -0.15) is 0 Å². The van der Waals surface area contributed by atoms with Gasteiger partial charge in [-0.05, 0) is 67.4 Å². The molecule has 0 heterocycles. The molecule has 0 aromatic heterocycles. The van der Waals surface area contributed by atoms with Gasteiger partial charge >= 0.3 is 0 Å². The van der Waals surface area contributed by atoms with Crippen LogP contribution in [-0.4, -0.2) is 25.5 Å². The predicted molar refractivity (Wildman–Crippen MR) is 126 cm³/mol. The van der Waals surface area contributed by atoms with Crippen molar-refractivity contribution in [3.8, 4) is 11.5 Å². The standard InChI is InChI=1S/C25H25ClN2O4/c1-4-27-24(29)18-8-5-16(2)21(13-18)28-25(30)19-9-12-22(23(14-19)31-3)32-15-17-6-10-20(26)11-7-17/h5-14H,4,15H2,1-3H3,(H,27,29)(H,28,30). The van der Waals surface area contributed by atoms with Gasteiger partial charge in [-0.1, -0.05) is 29.8 Å². The number of nitrogens with one attached hydrogen (secondary N) is 2. The average Bonchev–Trinajstić information content (AvgIpc) is 2.80. The lowest BCUT2D eigenvalue weighted by Gasteiger charge is -2.14.